The van der Waals surface area contributed by atoms with E-state index in [1.165, 1.54) is 24.6 Å². The Morgan fingerprint density at radius 2 is 1.04 bits per heavy atom. The van der Waals surface area contributed by atoms with Crippen LogP contribution in [0.2, 0.25) is 6.04 Å². The molecule has 0 aromatic rings. The van der Waals surface area contributed by atoms with Gasteiger partial charge in [-0.05, 0) is 48.0 Å². The third-order valence-electron chi connectivity index (χ3n) is 4.04. The topological polar surface area (TPSA) is 55.4 Å². The molecule has 0 aromatic carbocycles. The monoisotopic (exact) mass is 371 g/mol. The Morgan fingerprint density at radius 3 is 1.35 bits per heavy atom. The highest BCUT2D eigenvalue weighted by molar-refractivity contribution is 7.75. The van der Waals surface area contributed by atoms with E-state index in [1.807, 2.05) is 20.8 Å². The molecule has 6 nitrogen and oxygen atoms in total. The Morgan fingerprint density at radius 1 is 0.652 bits per heavy atom. The molecule has 0 bridgehead atoms. The highest BCUT2D eigenvalue weighted by atomic mass is 31.2. The minimum atomic E-state index is -3.15. The summed E-state index contributed by atoms with van der Waals surface area (Å²) in [5.41, 5.74) is 0. The molecule has 0 aliphatic heterocycles. The van der Waals surface area contributed by atoms with Gasteiger partial charge in [0.2, 0.25) is 0 Å². The second kappa shape index (κ2) is 13.7. The van der Waals surface area contributed by atoms with Crippen LogP contribution in [0.25, 0.3) is 0 Å². The highest BCUT2D eigenvalue weighted by Crippen LogP contribution is 2.58. The fraction of sp³-hybridized carbons (Fsp3) is 1.00. The molecule has 0 aliphatic carbocycles. The van der Waals surface area contributed by atoms with Gasteiger partial charge in [0.25, 0.3) is 0 Å². The Balaban J connectivity index is 4.80. The molecule has 0 saturated carbocycles. The smallest absolute Gasteiger partial charge is 0.243 e. The molecule has 0 radical (unpaired) electrons. The van der Waals surface area contributed by atoms with Crippen molar-refractivity contribution in [1.82, 2.24) is 0 Å². The number of rotatable bonds is 16. The van der Waals surface area contributed by atoms with Gasteiger partial charge in [0.05, 0.1) is 44.5 Å². The summed E-state index contributed by atoms with van der Waals surface area (Å²) >= 11 is 0. The summed E-state index contributed by atoms with van der Waals surface area (Å²) in [5, 5.41) is 0. The normalized spacial score (nSPS) is 12.8. The van der Waals surface area contributed by atoms with Crippen molar-refractivity contribution in [3.05, 3.63) is 0 Å². The molecule has 23 heavy (non-hydrogen) atoms. The molecular formula is C15H36O6PSi+. The first-order valence-electron chi connectivity index (χ1n) is 8.84. The fourth-order valence-corrected chi connectivity index (χ4v) is 7.64. The van der Waals surface area contributed by atoms with Gasteiger partial charge in [-0.2, -0.15) is 0 Å². The van der Waals surface area contributed by atoms with Crippen LogP contribution in [0.15, 0.2) is 0 Å². The zero-order valence-electron chi connectivity index (χ0n) is 15.8. The lowest BCUT2D eigenvalue weighted by atomic mass is 10.6. The molecule has 0 N–H and O–H groups in total. The van der Waals surface area contributed by atoms with Crippen molar-refractivity contribution in [1.29, 1.82) is 0 Å². The molecule has 0 unspecified atom stereocenters. The minimum absolute atomic E-state index is 0.412. The van der Waals surface area contributed by atoms with E-state index in [2.05, 4.69) is 20.8 Å². The maximum absolute atomic E-state index is 5.46. The summed E-state index contributed by atoms with van der Waals surface area (Å²) in [7, 11) is -4.01. The lowest BCUT2D eigenvalue weighted by molar-refractivity contribution is -0.360. The molecular weight excluding hydrogens is 335 g/mol. The van der Waals surface area contributed by atoms with Crippen molar-refractivity contribution < 1.29 is 28.4 Å². The average Bonchev–Trinajstić information content (AvgIpc) is 2.60. The van der Waals surface area contributed by atoms with Crippen molar-refractivity contribution in [2.75, 3.05) is 44.5 Å². The average molecular weight is 372 g/mol. The van der Waals surface area contributed by atoms with Crippen LogP contribution in [0.3, 0.4) is 0 Å². The molecule has 0 rings (SSSR count). The maximum Gasteiger partial charge on any atom is 0.584 e. The van der Waals surface area contributed by atoms with E-state index in [0.29, 0.717) is 25.9 Å². The Hall–Kier alpha value is 0.407. The maximum atomic E-state index is 5.46. The van der Waals surface area contributed by atoms with Gasteiger partial charge < -0.3 is 0 Å². The van der Waals surface area contributed by atoms with E-state index in [4.69, 9.17) is 28.4 Å². The van der Waals surface area contributed by atoms with Crippen molar-refractivity contribution >= 4 is 16.1 Å². The van der Waals surface area contributed by atoms with E-state index in [-0.39, 0.29) is 0 Å². The van der Waals surface area contributed by atoms with Crippen molar-refractivity contribution in [3.63, 3.8) is 0 Å². The van der Waals surface area contributed by atoms with E-state index in [0.717, 1.165) is 6.42 Å². The van der Waals surface area contributed by atoms with Gasteiger partial charge in [0.15, 0.2) is 0 Å². The third-order valence-corrected chi connectivity index (χ3v) is 11.4. The molecule has 0 fully saturated rings. The van der Waals surface area contributed by atoms with Crippen molar-refractivity contribution in [2.45, 2.75) is 54.0 Å². The SMILES string of the molecule is CCOO[Si](CCC[P+](CC)(CC)CC)(OOCC)OOCC. The van der Waals surface area contributed by atoms with Gasteiger partial charge in [0.1, 0.15) is 0 Å². The summed E-state index contributed by atoms with van der Waals surface area (Å²) < 4.78 is 16.4. The molecule has 0 saturated heterocycles. The van der Waals surface area contributed by atoms with Crippen molar-refractivity contribution in [3.8, 4) is 0 Å². The standard InChI is InChI=1S/C15H36O6PSi/c1-7-16-19-23(20-17-8-2,21-18-9-3)15-13-14-22(10-4,11-5)12-6/h7-15H2,1-6H3/q+1. The van der Waals surface area contributed by atoms with E-state index >= 15 is 0 Å². The van der Waals surface area contributed by atoms with Gasteiger partial charge >= 0.3 is 8.80 Å². The van der Waals surface area contributed by atoms with Crippen LogP contribution in [-0.2, 0) is 28.4 Å². The lowest BCUT2D eigenvalue weighted by Gasteiger charge is -2.27. The first-order valence-corrected chi connectivity index (χ1v) is 13.3. The zero-order chi connectivity index (χ0) is 17.6. The Kier molecular flexibility index (Phi) is 13.9. The quantitative estimate of drug-likeness (QED) is 0.175. The molecule has 140 valence electrons. The zero-order valence-corrected chi connectivity index (χ0v) is 17.7. The predicted molar refractivity (Wildman–Crippen MR) is 96.7 cm³/mol. The molecule has 0 heterocycles. The Bertz CT molecular complexity index is 249. The second-order valence-electron chi connectivity index (χ2n) is 5.27. The van der Waals surface area contributed by atoms with Gasteiger partial charge in [-0.1, -0.05) is 0 Å². The van der Waals surface area contributed by atoms with Crippen LogP contribution in [-0.4, -0.2) is 53.3 Å². The first-order chi connectivity index (χ1) is 11.1. The minimum Gasteiger partial charge on any atom is -0.243 e. The predicted octanol–water partition coefficient (Wildman–Crippen LogP) is 4.30. The van der Waals surface area contributed by atoms with Crippen LogP contribution < -0.4 is 0 Å². The molecule has 0 atom stereocenters. The van der Waals surface area contributed by atoms with Gasteiger partial charge in [-0.3, -0.25) is 0 Å². The number of hydrogen-bond acceptors (Lipinski definition) is 6. The third kappa shape index (κ3) is 8.89. The Labute approximate surface area is 143 Å². The summed E-state index contributed by atoms with van der Waals surface area (Å²) in [5.74, 6) is 0. The van der Waals surface area contributed by atoms with Crippen LogP contribution in [0.5, 0.6) is 0 Å². The van der Waals surface area contributed by atoms with E-state index in [9.17, 15) is 0 Å². The van der Waals surface area contributed by atoms with Gasteiger partial charge in [0, 0.05) is 13.3 Å². The number of hydrogen-bond donors (Lipinski definition) is 0. The first kappa shape index (κ1) is 23.4. The molecule has 8 heteroatoms. The summed E-state index contributed by atoms with van der Waals surface area (Å²) in [6.07, 6.45) is 5.99. The molecule has 0 aliphatic rings. The summed E-state index contributed by atoms with van der Waals surface area (Å²) in [4.78, 5) is 15.3. The molecule has 0 aromatic heterocycles. The van der Waals surface area contributed by atoms with Gasteiger partial charge in [-0.25, -0.2) is 28.4 Å². The molecule has 0 spiro atoms. The van der Waals surface area contributed by atoms with Crippen molar-refractivity contribution in [2.24, 2.45) is 0 Å². The van der Waals surface area contributed by atoms with Crippen LogP contribution in [0, 0.1) is 0 Å². The van der Waals surface area contributed by atoms with Gasteiger partial charge in [-0.15, -0.1) is 0 Å². The highest BCUT2D eigenvalue weighted by Gasteiger charge is 2.47. The lowest BCUT2D eigenvalue weighted by Crippen LogP contribution is -2.46. The van der Waals surface area contributed by atoms with Crippen LogP contribution >= 0.6 is 7.26 Å². The summed E-state index contributed by atoms with van der Waals surface area (Å²) in [6, 6.07) is 0.620. The van der Waals surface area contributed by atoms with Crippen LogP contribution in [0.1, 0.15) is 48.0 Å². The van der Waals surface area contributed by atoms with E-state index < -0.39 is 16.1 Å². The summed E-state index contributed by atoms with van der Waals surface area (Å²) in [6.45, 7) is 13.7. The van der Waals surface area contributed by atoms with Crippen LogP contribution in [0.4, 0.5) is 0 Å². The second-order valence-corrected chi connectivity index (χ2v) is 12.7. The fourth-order valence-electron chi connectivity index (χ4n) is 2.39. The largest absolute Gasteiger partial charge is 0.584 e. The molecule has 0 amide bonds. The van der Waals surface area contributed by atoms with E-state index in [1.54, 1.807) is 0 Å².